The van der Waals surface area contributed by atoms with Gasteiger partial charge < -0.3 is 0 Å². The fourth-order valence-electron chi connectivity index (χ4n) is 1.56. The van der Waals surface area contributed by atoms with Gasteiger partial charge in [0.05, 0.1) is 9.82 Å². The van der Waals surface area contributed by atoms with E-state index in [4.69, 9.17) is 11.6 Å². The predicted molar refractivity (Wildman–Crippen MR) is 74.4 cm³/mol. The van der Waals surface area contributed by atoms with Crippen LogP contribution in [-0.4, -0.2) is 25.0 Å². The quantitative estimate of drug-likeness (QED) is 0.476. The maximum atomic E-state index is 11.4. The van der Waals surface area contributed by atoms with Crippen molar-refractivity contribution in [3.63, 3.8) is 0 Å². The Morgan fingerprint density at radius 1 is 1.37 bits per heavy atom. The van der Waals surface area contributed by atoms with E-state index in [-0.39, 0.29) is 21.9 Å². The first-order valence-corrected chi connectivity index (χ1v) is 8.07. The van der Waals surface area contributed by atoms with E-state index in [1.807, 2.05) is 13.8 Å². The summed E-state index contributed by atoms with van der Waals surface area (Å²) in [5.41, 5.74) is 0.250. The molecule has 5 nitrogen and oxygen atoms in total. The zero-order valence-corrected chi connectivity index (χ0v) is 12.5. The van der Waals surface area contributed by atoms with Crippen LogP contribution in [-0.2, 0) is 16.3 Å². The van der Waals surface area contributed by atoms with Crippen molar-refractivity contribution < 1.29 is 13.3 Å². The number of hydrogen-bond acceptors (Lipinski definition) is 4. The topological polar surface area (TPSA) is 77.3 Å². The Hall–Kier alpha value is -1.14. The lowest BCUT2D eigenvalue weighted by Crippen LogP contribution is -2.12. The van der Waals surface area contributed by atoms with E-state index in [9.17, 15) is 18.5 Å². The SMILES string of the molecule is CC(C)C(Cl)Cc1ccc(S(C)(=O)=O)cc1[N+](=O)[O-]. The highest BCUT2D eigenvalue weighted by atomic mass is 35.5. The molecule has 1 rings (SSSR count). The molecule has 0 fully saturated rings. The van der Waals surface area contributed by atoms with E-state index in [2.05, 4.69) is 0 Å². The standard InChI is InChI=1S/C12H16ClNO4S/c1-8(2)11(13)6-9-4-5-10(19(3,17)18)7-12(9)14(15)16/h4-5,7-8,11H,6H2,1-3H3. The molecule has 0 N–H and O–H groups in total. The molecule has 7 heteroatoms. The minimum Gasteiger partial charge on any atom is -0.258 e. The molecule has 0 bridgehead atoms. The summed E-state index contributed by atoms with van der Waals surface area (Å²) in [6.07, 6.45) is 1.35. The first kappa shape index (κ1) is 15.9. The third-order valence-electron chi connectivity index (χ3n) is 2.82. The molecule has 0 aliphatic rings. The molecule has 19 heavy (non-hydrogen) atoms. The Morgan fingerprint density at radius 2 is 1.95 bits per heavy atom. The third-order valence-corrected chi connectivity index (χ3v) is 4.59. The van der Waals surface area contributed by atoms with Crippen LogP contribution in [0.2, 0.25) is 0 Å². The molecule has 0 aliphatic heterocycles. The third kappa shape index (κ3) is 4.18. The van der Waals surface area contributed by atoms with Gasteiger partial charge in [-0.25, -0.2) is 8.42 Å². The zero-order valence-electron chi connectivity index (χ0n) is 11.0. The number of alkyl halides is 1. The summed E-state index contributed by atoms with van der Waals surface area (Å²) >= 11 is 6.12. The van der Waals surface area contributed by atoms with Gasteiger partial charge in [0.25, 0.3) is 5.69 Å². The minimum absolute atomic E-state index is 0.0568. The molecule has 1 aromatic carbocycles. The molecule has 0 radical (unpaired) electrons. The smallest absolute Gasteiger partial charge is 0.258 e. The molecule has 0 aromatic heterocycles. The number of hydrogen-bond donors (Lipinski definition) is 0. The Labute approximate surface area is 117 Å². The van der Waals surface area contributed by atoms with Gasteiger partial charge in [-0.3, -0.25) is 10.1 Å². The number of nitrogens with zero attached hydrogens (tertiary/aromatic N) is 1. The van der Waals surface area contributed by atoms with Crippen LogP contribution >= 0.6 is 11.6 Å². The van der Waals surface area contributed by atoms with Crippen LogP contribution in [0.3, 0.4) is 0 Å². The highest BCUT2D eigenvalue weighted by Gasteiger charge is 2.21. The molecule has 106 valence electrons. The molecule has 0 aliphatic carbocycles. The minimum atomic E-state index is -3.46. The summed E-state index contributed by atoms with van der Waals surface area (Å²) in [6, 6.07) is 3.93. The van der Waals surface area contributed by atoms with Gasteiger partial charge in [-0.2, -0.15) is 0 Å². The van der Waals surface area contributed by atoms with Gasteiger partial charge in [0.1, 0.15) is 0 Å². The predicted octanol–water partition coefficient (Wildman–Crippen LogP) is 2.80. The molecule has 0 saturated carbocycles. The Balaban J connectivity index is 3.24. The lowest BCUT2D eigenvalue weighted by Gasteiger charge is -2.13. The van der Waals surface area contributed by atoms with Gasteiger partial charge in [-0.1, -0.05) is 19.9 Å². The van der Waals surface area contributed by atoms with Crippen LogP contribution in [0.25, 0.3) is 0 Å². The Bertz CT molecular complexity index is 583. The molecule has 0 amide bonds. The number of halogens is 1. The number of nitro groups is 1. The van der Waals surface area contributed by atoms with E-state index < -0.39 is 14.8 Å². The molecule has 0 saturated heterocycles. The summed E-state index contributed by atoms with van der Waals surface area (Å²) in [4.78, 5) is 10.4. The second kappa shape index (κ2) is 5.88. The van der Waals surface area contributed by atoms with Gasteiger partial charge in [-0.15, -0.1) is 11.6 Å². The van der Waals surface area contributed by atoms with Crippen LogP contribution in [0.1, 0.15) is 19.4 Å². The van der Waals surface area contributed by atoms with Crippen LogP contribution < -0.4 is 0 Å². The van der Waals surface area contributed by atoms with Crippen molar-refractivity contribution in [2.75, 3.05) is 6.26 Å². The second-order valence-corrected chi connectivity index (χ2v) is 7.36. The van der Waals surface area contributed by atoms with E-state index >= 15 is 0 Å². The maximum Gasteiger partial charge on any atom is 0.273 e. The van der Waals surface area contributed by atoms with Crippen molar-refractivity contribution in [2.24, 2.45) is 5.92 Å². The highest BCUT2D eigenvalue weighted by Crippen LogP contribution is 2.26. The van der Waals surface area contributed by atoms with Crippen molar-refractivity contribution in [2.45, 2.75) is 30.5 Å². The lowest BCUT2D eigenvalue weighted by molar-refractivity contribution is -0.385. The van der Waals surface area contributed by atoms with Gasteiger partial charge in [-0.05, 0) is 18.4 Å². The van der Waals surface area contributed by atoms with Gasteiger partial charge in [0, 0.05) is 23.3 Å². The van der Waals surface area contributed by atoms with Crippen LogP contribution in [0.5, 0.6) is 0 Å². The van der Waals surface area contributed by atoms with Gasteiger partial charge >= 0.3 is 0 Å². The summed E-state index contributed by atoms with van der Waals surface area (Å²) in [6.45, 7) is 3.85. The van der Waals surface area contributed by atoms with Crippen LogP contribution in [0.15, 0.2) is 23.1 Å². The second-order valence-electron chi connectivity index (χ2n) is 4.78. The molecule has 0 spiro atoms. The van der Waals surface area contributed by atoms with Gasteiger partial charge in [0.15, 0.2) is 9.84 Å². The molecule has 1 atom stereocenters. The normalized spacial score (nSPS) is 13.5. The molecule has 1 aromatic rings. The van der Waals surface area contributed by atoms with E-state index in [0.717, 1.165) is 12.3 Å². The van der Waals surface area contributed by atoms with E-state index in [1.54, 1.807) is 0 Å². The zero-order chi connectivity index (χ0) is 14.8. The average Bonchev–Trinajstić information content (AvgIpc) is 2.27. The first-order chi connectivity index (χ1) is 8.62. The fourth-order valence-corrected chi connectivity index (χ4v) is 2.37. The van der Waals surface area contributed by atoms with Crippen LogP contribution in [0.4, 0.5) is 5.69 Å². The number of nitro benzene ring substituents is 1. The first-order valence-electron chi connectivity index (χ1n) is 5.74. The Kier molecular flexibility index (Phi) is 4.92. The van der Waals surface area contributed by atoms with Crippen LogP contribution in [0, 0.1) is 16.0 Å². The van der Waals surface area contributed by atoms with Crippen molar-refractivity contribution in [1.29, 1.82) is 0 Å². The van der Waals surface area contributed by atoms with E-state index in [0.29, 0.717) is 12.0 Å². The monoisotopic (exact) mass is 305 g/mol. The van der Waals surface area contributed by atoms with Crippen molar-refractivity contribution >= 4 is 27.1 Å². The fraction of sp³-hybridized carbons (Fsp3) is 0.500. The molecular weight excluding hydrogens is 290 g/mol. The summed E-state index contributed by atoms with van der Waals surface area (Å²) in [7, 11) is -3.46. The molecular formula is C12H16ClNO4S. The maximum absolute atomic E-state index is 11.4. The van der Waals surface area contributed by atoms with E-state index in [1.165, 1.54) is 12.1 Å². The van der Waals surface area contributed by atoms with Crippen molar-refractivity contribution in [3.8, 4) is 0 Å². The molecule has 1 unspecified atom stereocenters. The van der Waals surface area contributed by atoms with Crippen molar-refractivity contribution in [3.05, 3.63) is 33.9 Å². The average molecular weight is 306 g/mol. The number of sulfone groups is 1. The largest absolute Gasteiger partial charge is 0.273 e. The summed E-state index contributed by atoms with van der Waals surface area (Å²) in [5.74, 6) is 0.177. The molecule has 0 heterocycles. The summed E-state index contributed by atoms with van der Waals surface area (Å²) < 4.78 is 22.8. The van der Waals surface area contributed by atoms with Gasteiger partial charge in [0.2, 0.25) is 0 Å². The Morgan fingerprint density at radius 3 is 2.37 bits per heavy atom. The lowest BCUT2D eigenvalue weighted by atomic mass is 10.0. The number of benzene rings is 1. The number of rotatable bonds is 5. The summed E-state index contributed by atoms with van der Waals surface area (Å²) in [5, 5.41) is 10.8. The highest BCUT2D eigenvalue weighted by molar-refractivity contribution is 7.90. The van der Waals surface area contributed by atoms with Crippen molar-refractivity contribution in [1.82, 2.24) is 0 Å².